The molecule has 8 nitrogen and oxygen atoms in total. The Hall–Kier alpha value is -1.80. The third kappa shape index (κ3) is 49.1. The SMILES string of the molecule is CC/C=C\C/C=C\C/C=C\C/C=C\CCCCCCCCCCCCCCCOCC(COP(=O)(O)OCCN)OC(=O)CCCCCCC/C=C\CCCCCCCCC. The number of nitrogens with two attached hydrogens (primary N) is 1. The molecule has 0 aromatic heterocycles. The van der Waals surface area contributed by atoms with Crippen LogP contribution in [0.5, 0.6) is 0 Å². The van der Waals surface area contributed by atoms with Crippen LogP contribution in [0, 0.1) is 0 Å². The van der Waals surface area contributed by atoms with E-state index in [1.54, 1.807) is 0 Å². The average molecular weight is 878 g/mol. The van der Waals surface area contributed by atoms with Crippen LogP contribution >= 0.6 is 7.82 Å². The predicted octanol–water partition coefficient (Wildman–Crippen LogP) is 15.7. The summed E-state index contributed by atoms with van der Waals surface area (Å²) in [7, 11) is -4.28. The number of phosphoric acid groups is 1. The summed E-state index contributed by atoms with van der Waals surface area (Å²) in [5.41, 5.74) is 5.39. The zero-order valence-electron chi connectivity index (χ0n) is 39.6. The minimum absolute atomic E-state index is 0.0976. The van der Waals surface area contributed by atoms with Crippen LogP contribution in [0.2, 0.25) is 0 Å². The summed E-state index contributed by atoms with van der Waals surface area (Å²) < 4.78 is 33.6. The number of phosphoric ester groups is 1. The smallest absolute Gasteiger partial charge is 0.457 e. The van der Waals surface area contributed by atoms with E-state index in [1.165, 1.54) is 135 Å². The van der Waals surface area contributed by atoms with E-state index < -0.39 is 13.9 Å². The molecule has 0 amide bonds. The van der Waals surface area contributed by atoms with Crippen LogP contribution in [-0.2, 0) is 27.9 Å². The maximum Gasteiger partial charge on any atom is 0.472 e. The molecule has 61 heavy (non-hydrogen) atoms. The van der Waals surface area contributed by atoms with E-state index in [-0.39, 0.29) is 32.3 Å². The predicted molar refractivity (Wildman–Crippen MR) is 261 cm³/mol. The fourth-order valence-corrected chi connectivity index (χ4v) is 7.75. The molecule has 0 spiro atoms. The number of carbonyl (C=O) groups excluding carboxylic acids is 1. The Morgan fingerprint density at radius 2 is 0.918 bits per heavy atom. The molecule has 0 heterocycles. The van der Waals surface area contributed by atoms with Crippen LogP contribution in [0.25, 0.3) is 0 Å². The van der Waals surface area contributed by atoms with Gasteiger partial charge in [0.2, 0.25) is 0 Å². The number of carbonyl (C=O) groups is 1. The van der Waals surface area contributed by atoms with Gasteiger partial charge in [-0.1, -0.05) is 203 Å². The van der Waals surface area contributed by atoms with Crippen molar-refractivity contribution in [2.24, 2.45) is 5.73 Å². The molecule has 0 aliphatic carbocycles. The van der Waals surface area contributed by atoms with Crippen LogP contribution in [0.15, 0.2) is 60.8 Å². The maximum absolute atomic E-state index is 12.6. The van der Waals surface area contributed by atoms with E-state index >= 15 is 0 Å². The highest BCUT2D eigenvalue weighted by atomic mass is 31.2. The van der Waals surface area contributed by atoms with Gasteiger partial charge in [0, 0.05) is 19.6 Å². The Morgan fingerprint density at radius 3 is 1.39 bits per heavy atom. The highest BCUT2D eigenvalue weighted by molar-refractivity contribution is 7.47. The first-order valence-corrected chi connectivity index (χ1v) is 26.8. The largest absolute Gasteiger partial charge is 0.472 e. The average Bonchev–Trinajstić information content (AvgIpc) is 3.25. The van der Waals surface area contributed by atoms with Crippen LogP contribution in [-0.4, -0.2) is 49.9 Å². The van der Waals surface area contributed by atoms with Gasteiger partial charge in [-0.3, -0.25) is 13.8 Å². The summed E-state index contributed by atoms with van der Waals surface area (Å²) in [5, 5.41) is 0. The summed E-state index contributed by atoms with van der Waals surface area (Å²) in [5.74, 6) is -0.338. The van der Waals surface area contributed by atoms with Crippen molar-refractivity contribution >= 4 is 13.8 Å². The second kappa shape index (κ2) is 49.2. The molecule has 9 heteroatoms. The van der Waals surface area contributed by atoms with Crippen LogP contribution in [0.3, 0.4) is 0 Å². The molecular weight excluding hydrogens is 782 g/mol. The van der Waals surface area contributed by atoms with Crippen LogP contribution in [0.1, 0.15) is 226 Å². The van der Waals surface area contributed by atoms with Gasteiger partial charge < -0.3 is 20.1 Å². The van der Waals surface area contributed by atoms with Crippen molar-refractivity contribution < 1.29 is 32.8 Å². The molecule has 2 atom stereocenters. The molecule has 2 unspecified atom stereocenters. The maximum atomic E-state index is 12.6. The Labute approximate surface area is 376 Å². The highest BCUT2D eigenvalue weighted by Gasteiger charge is 2.25. The van der Waals surface area contributed by atoms with Gasteiger partial charge in [-0.25, -0.2) is 4.57 Å². The van der Waals surface area contributed by atoms with Crippen molar-refractivity contribution in [2.75, 3.05) is 33.0 Å². The number of unbranched alkanes of at least 4 members (excludes halogenated alkanes) is 25. The molecule has 0 bridgehead atoms. The molecule has 0 radical (unpaired) electrons. The van der Waals surface area contributed by atoms with Crippen LogP contribution in [0.4, 0.5) is 0 Å². The summed E-state index contributed by atoms with van der Waals surface area (Å²) >= 11 is 0. The summed E-state index contributed by atoms with van der Waals surface area (Å²) in [6, 6.07) is 0. The fraction of sp³-hybridized carbons (Fsp3) is 0.788. The topological polar surface area (TPSA) is 117 Å². The molecule has 3 N–H and O–H groups in total. The van der Waals surface area contributed by atoms with Crippen molar-refractivity contribution in [3.63, 3.8) is 0 Å². The Morgan fingerprint density at radius 1 is 0.508 bits per heavy atom. The molecular formula is C52H96NO7P. The minimum Gasteiger partial charge on any atom is -0.457 e. The van der Waals surface area contributed by atoms with Gasteiger partial charge in [0.1, 0.15) is 6.10 Å². The molecule has 356 valence electrons. The lowest BCUT2D eigenvalue weighted by Gasteiger charge is -2.20. The Balaban J connectivity index is 3.92. The standard InChI is InChI=1S/C52H96NO7P/c1-3-5-7-9-11-13-15-17-19-21-22-23-24-25-26-27-28-29-30-32-34-36-38-40-42-44-47-57-49-51(50-59-61(55,56)58-48-46-53)60-52(54)45-43-41-39-37-35-33-31-20-18-16-14-12-10-8-6-4-2/h5,7,11,13,17,19-20,22-23,31,51H,3-4,6,8-10,12,14-16,18,21,24-30,32-50,53H2,1-2H3,(H,55,56)/b7-5-,13-11-,19-17-,23-22-,31-20-. The molecule has 0 aliphatic heterocycles. The lowest BCUT2D eigenvalue weighted by Crippen LogP contribution is -2.28. The molecule has 0 fully saturated rings. The van der Waals surface area contributed by atoms with Gasteiger partial charge in [-0.15, -0.1) is 0 Å². The molecule has 0 aliphatic rings. The molecule has 0 aromatic rings. The molecule has 0 saturated carbocycles. The van der Waals surface area contributed by atoms with E-state index in [0.29, 0.717) is 13.0 Å². The summed E-state index contributed by atoms with van der Waals surface area (Å²) in [4.78, 5) is 22.6. The first kappa shape index (κ1) is 59.2. The molecule has 0 rings (SSSR count). The van der Waals surface area contributed by atoms with Crippen molar-refractivity contribution in [2.45, 2.75) is 232 Å². The number of hydrogen-bond donors (Lipinski definition) is 2. The zero-order valence-corrected chi connectivity index (χ0v) is 40.5. The third-order valence-electron chi connectivity index (χ3n) is 10.7. The van der Waals surface area contributed by atoms with Gasteiger partial charge in [-0.05, 0) is 77.0 Å². The van der Waals surface area contributed by atoms with Crippen LogP contribution < -0.4 is 5.73 Å². The number of hydrogen-bond acceptors (Lipinski definition) is 7. The normalized spacial score (nSPS) is 13.8. The van der Waals surface area contributed by atoms with Crippen molar-refractivity contribution in [1.82, 2.24) is 0 Å². The van der Waals surface area contributed by atoms with E-state index in [1.807, 2.05) is 0 Å². The van der Waals surface area contributed by atoms with E-state index in [4.69, 9.17) is 24.3 Å². The first-order chi connectivity index (χ1) is 29.9. The fourth-order valence-electron chi connectivity index (χ4n) is 6.98. The van der Waals surface area contributed by atoms with Gasteiger partial charge in [0.05, 0.1) is 19.8 Å². The first-order valence-electron chi connectivity index (χ1n) is 25.3. The lowest BCUT2D eigenvalue weighted by molar-refractivity contribution is -0.154. The quantitative estimate of drug-likeness (QED) is 0.0269. The van der Waals surface area contributed by atoms with Gasteiger partial charge in [0.15, 0.2) is 0 Å². The Bertz CT molecular complexity index is 1120. The van der Waals surface area contributed by atoms with Gasteiger partial charge in [-0.2, -0.15) is 0 Å². The van der Waals surface area contributed by atoms with Crippen molar-refractivity contribution in [3.05, 3.63) is 60.8 Å². The number of ether oxygens (including phenoxy) is 2. The Kier molecular flexibility index (Phi) is 47.8. The molecule has 0 saturated heterocycles. The van der Waals surface area contributed by atoms with Gasteiger partial charge >= 0.3 is 13.8 Å². The highest BCUT2D eigenvalue weighted by Crippen LogP contribution is 2.43. The van der Waals surface area contributed by atoms with E-state index in [0.717, 1.165) is 70.6 Å². The number of allylic oxidation sites excluding steroid dienone is 10. The molecule has 0 aromatic carbocycles. The van der Waals surface area contributed by atoms with Gasteiger partial charge in [0.25, 0.3) is 0 Å². The summed E-state index contributed by atoms with van der Waals surface area (Å²) in [6.45, 7) is 4.81. The minimum atomic E-state index is -4.28. The van der Waals surface area contributed by atoms with E-state index in [2.05, 4.69) is 74.6 Å². The summed E-state index contributed by atoms with van der Waals surface area (Å²) in [6.07, 6.45) is 61.1. The van der Waals surface area contributed by atoms with Crippen molar-refractivity contribution in [3.8, 4) is 0 Å². The zero-order chi connectivity index (χ0) is 44.4. The lowest BCUT2D eigenvalue weighted by atomic mass is 10.0. The second-order valence-electron chi connectivity index (χ2n) is 16.6. The monoisotopic (exact) mass is 878 g/mol. The van der Waals surface area contributed by atoms with Crippen molar-refractivity contribution in [1.29, 1.82) is 0 Å². The second-order valence-corrected chi connectivity index (χ2v) is 18.1. The number of rotatable bonds is 48. The van der Waals surface area contributed by atoms with E-state index in [9.17, 15) is 14.3 Å². The third-order valence-corrected chi connectivity index (χ3v) is 11.7. The number of esters is 1.